The molecule has 4 heteroatoms. The van der Waals surface area contributed by atoms with Gasteiger partial charge in [0.1, 0.15) is 0 Å². The summed E-state index contributed by atoms with van der Waals surface area (Å²) >= 11 is 0. The van der Waals surface area contributed by atoms with E-state index in [0.29, 0.717) is 6.42 Å². The third kappa shape index (κ3) is 3.64. The maximum atomic E-state index is 9.73. The third-order valence-corrected chi connectivity index (χ3v) is 9.51. The third-order valence-electron chi connectivity index (χ3n) is 4.23. The summed E-state index contributed by atoms with van der Waals surface area (Å²) in [6.07, 6.45) is 2.70. The van der Waals surface area contributed by atoms with Gasteiger partial charge >= 0.3 is 8.56 Å². The van der Waals surface area contributed by atoms with Crippen molar-refractivity contribution < 1.29 is 14.0 Å². The van der Waals surface area contributed by atoms with Gasteiger partial charge in [-0.2, -0.15) is 0 Å². The van der Waals surface area contributed by atoms with Gasteiger partial charge in [-0.1, -0.05) is 48.5 Å². The molecule has 0 bridgehead atoms. The molecule has 0 aliphatic carbocycles. The van der Waals surface area contributed by atoms with Crippen molar-refractivity contribution in [3.05, 3.63) is 0 Å². The Balaban J connectivity index is 3.14. The van der Waals surface area contributed by atoms with E-state index in [-0.39, 0.29) is 28.4 Å². The molecular weight excluding hydrogens is 268 g/mol. The molecule has 1 heterocycles. The predicted molar refractivity (Wildman–Crippen MR) is 86.1 cm³/mol. The Morgan fingerprint density at radius 1 is 1.05 bits per heavy atom. The van der Waals surface area contributed by atoms with Gasteiger partial charge in [0.25, 0.3) is 0 Å². The summed E-state index contributed by atoms with van der Waals surface area (Å²) in [7, 11) is -2.41. The van der Waals surface area contributed by atoms with Crippen molar-refractivity contribution >= 4 is 8.56 Å². The first-order valence-corrected chi connectivity index (χ1v) is 9.78. The fourth-order valence-electron chi connectivity index (χ4n) is 3.49. The highest BCUT2D eigenvalue weighted by atomic mass is 28.4. The zero-order valence-electron chi connectivity index (χ0n) is 14.6. The smallest absolute Gasteiger partial charge is 0.349 e. The van der Waals surface area contributed by atoms with Gasteiger partial charge in [0.05, 0.1) is 12.2 Å². The average molecular weight is 303 g/mol. The second kappa shape index (κ2) is 6.07. The van der Waals surface area contributed by atoms with Crippen LogP contribution in [0.1, 0.15) is 74.7 Å². The second-order valence-corrected chi connectivity index (χ2v) is 13.0. The van der Waals surface area contributed by atoms with Crippen LogP contribution in [0, 0.1) is 0 Å². The van der Waals surface area contributed by atoms with E-state index in [0.717, 1.165) is 12.8 Å². The lowest BCUT2D eigenvalue weighted by Crippen LogP contribution is -2.63. The molecule has 120 valence electrons. The minimum absolute atomic E-state index is 0.00995. The normalized spacial score (nSPS) is 29.2. The molecule has 3 atom stereocenters. The summed E-state index contributed by atoms with van der Waals surface area (Å²) in [5, 5.41) is 9.75. The molecule has 1 aliphatic heterocycles. The summed E-state index contributed by atoms with van der Waals surface area (Å²) in [6, 6.07) is 0. The summed E-state index contributed by atoms with van der Waals surface area (Å²) in [5.74, 6) is 0. The van der Waals surface area contributed by atoms with Crippen LogP contribution >= 0.6 is 0 Å². The number of aliphatic hydroxyl groups excluding tert-OH is 1. The lowest BCUT2D eigenvalue weighted by Gasteiger charge is -2.55. The molecule has 1 fully saturated rings. The summed E-state index contributed by atoms with van der Waals surface area (Å²) in [5.41, 5.74) is 0. The Bertz CT molecular complexity index is 301. The minimum Gasteiger partial charge on any atom is -0.393 e. The number of aliphatic hydroxyl groups is 1. The van der Waals surface area contributed by atoms with Gasteiger partial charge in [-0.3, -0.25) is 0 Å². The summed E-state index contributed by atoms with van der Waals surface area (Å²) in [4.78, 5) is 0. The maximum Gasteiger partial charge on any atom is 0.349 e. The Labute approximate surface area is 126 Å². The van der Waals surface area contributed by atoms with Crippen LogP contribution in [-0.2, 0) is 8.85 Å². The molecule has 20 heavy (non-hydrogen) atoms. The highest BCUT2D eigenvalue weighted by Crippen LogP contribution is 2.55. The second-order valence-electron chi connectivity index (χ2n) is 8.32. The summed E-state index contributed by atoms with van der Waals surface area (Å²) in [6.45, 7) is 17.5. The highest BCUT2D eigenvalue weighted by Gasteiger charge is 2.61. The van der Waals surface area contributed by atoms with Crippen molar-refractivity contribution in [3.8, 4) is 0 Å². The van der Waals surface area contributed by atoms with Crippen LogP contribution < -0.4 is 0 Å². The Morgan fingerprint density at radius 3 is 1.85 bits per heavy atom. The first-order chi connectivity index (χ1) is 8.93. The molecule has 0 aromatic carbocycles. The van der Waals surface area contributed by atoms with Crippen molar-refractivity contribution in [2.24, 2.45) is 0 Å². The molecule has 1 rings (SSSR count). The summed E-state index contributed by atoms with van der Waals surface area (Å²) < 4.78 is 13.2. The lowest BCUT2D eigenvalue weighted by atomic mass is 10.0. The topological polar surface area (TPSA) is 38.7 Å². The van der Waals surface area contributed by atoms with E-state index in [1.54, 1.807) is 0 Å². The van der Waals surface area contributed by atoms with Gasteiger partial charge in [0.15, 0.2) is 0 Å². The monoisotopic (exact) mass is 302 g/mol. The molecular formula is C16H34O3Si. The molecule has 1 N–H and O–H groups in total. The number of hydrogen-bond acceptors (Lipinski definition) is 3. The predicted octanol–water partition coefficient (Wildman–Crippen LogP) is 4.38. The van der Waals surface area contributed by atoms with Crippen LogP contribution in [0.5, 0.6) is 0 Å². The Kier molecular flexibility index (Phi) is 5.51. The molecule has 0 unspecified atom stereocenters. The van der Waals surface area contributed by atoms with Crippen LogP contribution in [0.3, 0.4) is 0 Å². The largest absolute Gasteiger partial charge is 0.393 e. The lowest BCUT2D eigenvalue weighted by molar-refractivity contribution is -0.0404. The van der Waals surface area contributed by atoms with E-state index < -0.39 is 8.56 Å². The quantitative estimate of drug-likeness (QED) is 0.786. The van der Waals surface area contributed by atoms with E-state index in [1.165, 1.54) is 0 Å². The Morgan fingerprint density at radius 2 is 1.50 bits per heavy atom. The molecule has 0 amide bonds. The molecule has 0 spiro atoms. The molecule has 0 radical (unpaired) electrons. The molecule has 3 nitrogen and oxygen atoms in total. The van der Waals surface area contributed by atoms with Crippen LogP contribution in [0.15, 0.2) is 0 Å². The molecule has 0 aromatic heterocycles. The highest BCUT2D eigenvalue weighted by molar-refractivity contribution is 6.73. The van der Waals surface area contributed by atoms with Crippen molar-refractivity contribution in [1.82, 2.24) is 0 Å². The fourth-order valence-corrected chi connectivity index (χ4v) is 8.61. The van der Waals surface area contributed by atoms with E-state index in [4.69, 9.17) is 8.85 Å². The SMILES string of the molecule is CC[C@@H]1C[C@@H](C[C@@H](C)O)O[Si](C(C)(C)C)(C(C)(C)C)O1. The van der Waals surface area contributed by atoms with Gasteiger partial charge in [-0.05, 0) is 26.2 Å². The van der Waals surface area contributed by atoms with Crippen molar-refractivity contribution in [3.63, 3.8) is 0 Å². The van der Waals surface area contributed by atoms with Crippen molar-refractivity contribution in [2.45, 2.75) is 103 Å². The van der Waals surface area contributed by atoms with Crippen molar-refractivity contribution in [2.75, 3.05) is 0 Å². The zero-order chi connectivity index (χ0) is 15.8. The van der Waals surface area contributed by atoms with Crippen molar-refractivity contribution in [1.29, 1.82) is 0 Å². The molecule has 1 aliphatic rings. The molecule has 1 saturated heterocycles. The minimum atomic E-state index is -2.41. The van der Waals surface area contributed by atoms with Gasteiger partial charge in [-0.15, -0.1) is 0 Å². The van der Waals surface area contributed by atoms with E-state index in [9.17, 15) is 5.11 Å². The van der Waals surface area contributed by atoms with Gasteiger partial charge < -0.3 is 14.0 Å². The molecule has 0 aromatic rings. The van der Waals surface area contributed by atoms with Gasteiger partial charge in [-0.25, -0.2) is 0 Å². The fraction of sp³-hybridized carbons (Fsp3) is 1.00. The standard InChI is InChI=1S/C16H34O3Si/c1-9-13-11-14(10-12(2)17)19-20(18-13,15(3,4)5)16(6,7)8/h12-14,17H,9-11H2,1-8H3/t12-,13-,14-/m1/s1. The van der Waals surface area contributed by atoms with E-state index in [2.05, 4.69) is 48.5 Å². The number of rotatable bonds is 3. The zero-order valence-corrected chi connectivity index (χ0v) is 15.6. The molecule has 0 saturated carbocycles. The van der Waals surface area contributed by atoms with Crippen LogP contribution in [0.2, 0.25) is 10.1 Å². The van der Waals surface area contributed by atoms with Crippen LogP contribution in [0.4, 0.5) is 0 Å². The van der Waals surface area contributed by atoms with Gasteiger partial charge in [0.2, 0.25) is 0 Å². The maximum absolute atomic E-state index is 9.73. The Hall–Kier alpha value is 0.0969. The first kappa shape index (κ1) is 18.1. The number of hydrogen-bond donors (Lipinski definition) is 1. The van der Waals surface area contributed by atoms with E-state index >= 15 is 0 Å². The average Bonchev–Trinajstić information content (AvgIpc) is 2.24. The van der Waals surface area contributed by atoms with Gasteiger partial charge in [0, 0.05) is 16.2 Å². The van der Waals surface area contributed by atoms with E-state index in [1.807, 2.05) is 6.92 Å². The van der Waals surface area contributed by atoms with Crippen LogP contribution in [0.25, 0.3) is 0 Å². The van der Waals surface area contributed by atoms with Crippen LogP contribution in [-0.4, -0.2) is 32.0 Å². The first-order valence-electron chi connectivity index (χ1n) is 7.96.